The molecule has 4 aliphatic rings. The highest BCUT2D eigenvalue weighted by Gasteiger charge is 2.77. The van der Waals surface area contributed by atoms with E-state index in [1.807, 2.05) is 0 Å². The summed E-state index contributed by atoms with van der Waals surface area (Å²) in [6.45, 7) is 4.09. The molecule has 37 heavy (non-hydrogen) atoms. The molecule has 0 bridgehead atoms. The number of nitrogens with zero attached hydrogens (tertiary/aromatic N) is 1. The Morgan fingerprint density at radius 1 is 1.24 bits per heavy atom. The van der Waals surface area contributed by atoms with Crippen molar-refractivity contribution >= 4 is 17.5 Å². The SMILES string of the molecule is C[C@@H]1CC2C3CCC4=CC(=O)C=C[C@]4(C)[C@@]3(F)[C@@H](O)C[C@]2(C)[C@@]1(OC(=O)CCCON(O)O)C(=O)CO. The summed E-state index contributed by atoms with van der Waals surface area (Å²) in [4.78, 5) is 42.7. The number of carbonyl (C=O) groups is 3. The van der Waals surface area contributed by atoms with E-state index in [0.717, 1.165) is 0 Å². The maximum absolute atomic E-state index is 17.3. The highest BCUT2D eigenvalue weighted by molar-refractivity contribution is 6.01. The molecular formula is C26H36FNO9. The molecule has 0 radical (unpaired) electrons. The first-order chi connectivity index (χ1) is 17.3. The molecule has 206 valence electrons. The van der Waals surface area contributed by atoms with Gasteiger partial charge in [-0.15, -0.1) is 0 Å². The number of carbonyl (C=O) groups excluding carboxylic acids is 3. The van der Waals surface area contributed by atoms with Crippen molar-refractivity contribution in [3.8, 4) is 0 Å². The largest absolute Gasteiger partial charge is 0.450 e. The average molecular weight is 526 g/mol. The molecule has 3 saturated carbocycles. The second-order valence-electron chi connectivity index (χ2n) is 11.4. The quantitative estimate of drug-likeness (QED) is 0.211. The summed E-state index contributed by atoms with van der Waals surface area (Å²) >= 11 is 0. The van der Waals surface area contributed by atoms with Gasteiger partial charge in [0.25, 0.3) is 0 Å². The number of fused-ring (bicyclic) bond motifs is 5. The summed E-state index contributed by atoms with van der Waals surface area (Å²) in [7, 11) is 0. The standard InChI is InChI=1S/C26H36FNO9/c1-15-11-19-18-7-6-16-12-17(30)8-9-23(16,2)25(18,27)20(31)13-24(19,3)26(15,21(32)14-29)37-22(33)5-4-10-36-28(34)35/h8-9,12,15,18-20,29,31,34-35H,4-7,10-11,13-14H2,1-3H3/t15-,18?,19?,20+,23+,24+,25+,26+/m1/s1. The Hall–Kier alpha value is -2.02. The van der Waals surface area contributed by atoms with Gasteiger partial charge in [-0.1, -0.05) is 25.5 Å². The highest BCUT2D eigenvalue weighted by atomic mass is 19.1. The summed E-state index contributed by atoms with van der Waals surface area (Å²) in [5, 5.41) is 38.2. The van der Waals surface area contributed by atoms with E-state index < -0.39 is 69.7 Å². The Kier molecular flexibility index (Phi) is 7.28. The van der Waals surface area contributed by atoms with Crippen LogP contribution in [0.2, 0.25) is 0 Å². The number of rotatable bonds is 8. The van der Waals surface area contributed by atoms with Crippen LogP contribution in [0.3, 0.4) is 0 Å². The first-order valence-electron chi connectivity index (χ1n) is 12.8. The minimum absolute atomic E-state index is 0.0612. The van der Waals surface area contributed by atoms with Crippen molar-refractivity contribution in [1.82, 2.24) is 5.39 Å². The van der Waals surface area contributed by atoms with Gasteiger partial charge in [0, 0.05) is 29.1 Å². The third kappa shape index (κ3) is 3.93. The maximum atomic E-state index is 17.3. The molecule has 0 heterocycles. The van der Waals surface area contributed by atoms with Crippen LogP contribution in [0.25, 0.3) is 0 Å². The number of ether oxygens (including phenoxy) is 1. The van der Waals surface area contributed by atoms with Crippen LogP contribution in [-0.4, -0.2) is 74.1 Å². The fourth-order valence-electron chi connectivity index (χ4n) is 8.11. The van der Waals surface area contributed by atoms with Gasteiger partial charge in [0.1, 0.15) is 6.61 Å². The van der Waals surface area contributed by atoms with Crippen molar-refractivity contribution in [2.75, 3.05) is 13.2 Å². The van der Waals surface area contributed by atoms with Gasteiger partial charge in [-0.2, -0.15) is 0 Å². The van der Waals surface area contributed by atoms with Crippen LogP contribution in [0, 0.1) is 28.6 Å². The van der Waals surface area contributed by atoms with Gasteiger partial charge < -0.3 is 14.9 Å². The number of esters is 1. The number of aliphatic hydroxyl groups excluding tert-OH is 2. The van der Waals surface area contributed by atoms with E-state index in [1.54, 1.807) is 26.8 Å². The second-order valence-corrected chi connectivity index (χ2v) is 11.4. The lowest BCUT2D eigenvalue weighted by molar-refractivity contribution is -0.492. The van der Waals surface area contributed by atoms with Gasteiger partial charge in [0.15, 0.2) is 17.1 Å². The van der Waals surface area contributed by atoms with Gasteiger partial charge in [0.2, 0.25) is 5.78 Å². The third-order valence-electron chi connectivity index (χ3n) is 9.75. The Morgan fingerprint density at radius 3 is 2.59 bits per heavy atom. The number of hydrogen-bond donors (Lipinski definition) is 4. The zero-order valence-electron chi connectivity index (χ0n) is 21.4. The van der Waals surface area contributed by atoms with Gasteiger partial charge >= 0.3 is 5.97 Å². The molecule has 0 saturated heterocycles. The number of ketones is 2. The summed E-state index contributed by atoms with van der Waals surface area (Å²) < 4.78 is 23.2. The fourth-order valence-corrected chi connectivity index (χ4v) is 8.11. The lowest BCUT2D eigenvalue weighted by Crippen LogP contribution is -2.70. The van der Waals surface area contributed by atoms with Crippen LogP contribution in [0.15, 0.2) is 23.8 Å². The van der Waals surface area contributed by atoms with Gasteiger partial charge in [-0.05, 0) is 57.1 Å². The molecule has 10 nitrogen and oxygen atoms in total. The molecule has 4 rings (SSSR count). The third-order valence-corrected chi connectivity index (χ3v) is 9.75. The zero-order valence-corrected chi connectivity index (χ0v) is 21.4. The molecule has 11 heteroatoms. The first kappa shape index (κ1) is 28.0. The highest BCUT2D eigenvalue weighted by Crippen LogP contribution is 2.71. The molecule has 3 fully saturated rings. The molecule has 0 aromatic carbocycles. The van der Waals surface area contributed by atoms with E-state index in [1.165, 1.54) is 12.2 Å². The molecule has 0 aromatic heterocycles. The number of alkyl halides is 1. The van der Waals surface area contributed by atoms with Crippen LogP contribution < -0.4 is 0 Å². The minimum Gasteiger partial charge on any atom is -0.450 e. The van der Waals surface area contributed by atoms with Crippen molar-refractivity contribution in [1.29, 1.82) is 0 Å². The molecule has 2 unspecified atom stereocenters. The van der Waals surface area contributed by atoms with E-state index in [0.29, 0.717) is 24.8 Å². The van der Waals surface area contributed by atoms with E-state index >= 15 is 4.39 Å². The monoisotopic (exact) mass is 525 g/mol. The molecule has 0 spiro atoms. The number of halogens is 1. The smallest absolute Gasteiger partial charge is 0.306 e. The van der Waals surface area contributed by atoms with E-state index in [-0.39, 0.29) is 31.7 Å². The lowest BCUT2D eigenvalue weighted by atomic mass is 9.44. The number of allylic oxidation sites excluding steroid dienone is 4. The van der Waals surface area contributed by atoms with Crippen molar-refractivity contribution in [3.63, 3.8) is 0 Å². The van der Waals surface area contributed by atoms with Crippen LogP contribution in [0.1, 0.15) is 59.3 Å². The number of hydrogen-bond acceptors (Lipinski definition) is 10. The summed E-state index contributed by atoms with van der Waals surface area (Å²) in [6, 6.07) is 0. The van der Waals surface area contributed by atoms with Crippen LogP contribution in [0.5, 0.6) is 0 Å². The predicted molar refractivity (Wildman–Crippen MR) is 124 cm³/mol. The molecule has 0 amide bonds. The number of aliphatic hydroxyl groups is 2. The predicted octanol–water partition coefficient (Wildman–Crippen LogP) is 2.24. The molecule has 0 aromatic rings. The molecule has 0 aliphatic heterocycles. The lowest BCUT2D eigenvalue weighted by Gasteiger charge is -2.62. The fraction of sp³-hybridized carbons (Fsp3) is 0.731. The van der Waals surface area contributed by atoms with E-state index in [2.05, 4.69) is 4.84 Å². The Morgan fingerprint density at radius 2 is 1.95 bits per heavy atom. The normalized spacial score (nSPS) is 42.6. The van der Waals surface area contributed by atoms with E-state index in [9.17, 15) is 24.6 Å². The van der Waals surface area contributed by atoms with Crippen molar-refractivity contribution in [2.24, 2.45) is 28.6 Å². The van der Waals surface area contributed by atoms with Crippen molar-refractivity contribution < 1.29 is 49.0 Å². The van der Waals surface area contributed by atoms with Gasteiger partial charge in [-0.3, -0.25) is 29.6 Å². The van der Waals surface area contributed by atoms with E-state index in [4.69, 9.17) is 15.2 Å². The van der Waals surface area contributed by atoms with Crippen molar-refractivity contribution in [3.05, 3.63) is 23.8 Å². The minimum atomic E-state index is -2.10. The molecular weight excluding hydrogens is 489 g/mol. The summed E-state index contributed by atoms with van der Waals surface area (Å²) in [5.41, 5.74) is -5.58. The molecule has 4 N–H and O–H groups in total. The Bertz CT molecular complexity index is 1030. The topological polar surface area (TPSA) is 154 Å². The maximum Gasteiger partial charge on any atom is 0.306 e. The first-order valence-corrected chi connectivity index (χ1v) is 12.8. The Labute approximate surface area is 214 Å². The number of Topliss-reactive ketones (excluding diaryl/α,β-unsaturated/α-hetero) is 1. The average Bonchev–Trinajstić information content (AvgIpc) is 3.04. The molecule has 4 aliphatic carbocycles. The van der Waals surface area contributed by atoms with Crippen LogP contribution >= 0.6 is 0 Å². The summed E-state index contributed by atoms with van der Waals surface area (Å²) in [5.74, 6) is -3.34. The van der Waals surface area contributed by atoms with Crippen LogP contribution in [0.4, 0.5) is 4.39 Å². The Balaban J connectivity index is 1.69. The van der Waals surface area contributed by atoms with Crippen LogP contribution in [-0.2, 0) is 24.0 Å². The van der Waals surface area contributed by atoms with Gasteiger partial charge in [-0.25, -0.2) is 4.39 Å². The van der Waals surface area contributed by atoms with Crippen molar-refractivity contribution in [2.45, 2.75) is 76.7 Å². The molecule has 8 atom stereocenters. The second kappa shape index (κ2) is 9.62. The summed E-state index contributed by atoms with van der Waals surface area (Å²) in [6.07, 6.45) is 3.67. The van der Waals surface area contributed by atoms with Gasteiger partial charge in [0.05, 0.1) is 18.1 Å². The zero-order chi connectivity index (χ0) is 27.4.